The van der Waals surface area contributed by atoms with Crippen molar-refractivity contribution < 1.29 is 21.9 Å². The van der Waals surface area contributed by atoms with E-state index in [1.807, 2.05) is 6.07 Å². The van der Waals surface area contributed by atoms with Gasteiger partial charge in [-0.25, -0.2) is 22.0 Å². The van der Waals surface area contributed by atoms with Crippen LogP contribution in [0, 0.1) is 0 Å². The largest absolute Gasteiger partial charge is 0.388 e. The molecule has 0 amide bonds. The highest BCUT2D eigenvalue weighted by Gasteiger charge is 2.20. The molecule has 1 aliphatic rings. The zero-order chi connectivity index (χ0) is 24.1. The highest BCUT2D eigenvalue weighted by Crippen LogP contribution is 2.25. The SMILES string of the molecule is CS(=O)(=O)Cc1ccc(C(O)CCCCN2CCN(c3ccccc3)CC2)cc1S(N)(=O)=O. The van der Waals surface area contributed by atoms with E-state index in [1.165, 1.54) is 17.8 Å². The summed E-state index contributed by atoms with van der Waals surface area (Å²) in [5.74, 6) is -0.424. The quantitative estimate of drug-likeness (QED) is 0.483. The number of nitrogens with two attached hydrogens (primary N) is 1. The second-order valence-corrected chi connectivity index (χ2v) is 12.3. The Hall–Kier alpha value is -1.98. The first-order valence-corrected chi connectivity index (χ1v) is 14.7. The maximum atomic E-state index is 12.0. The molecule has 0 radical (unpaired) electrons. The average molecular weight is 496 g/mol. The first kappa shape index (κ1) is 25.6. The first-order valence-electron chi connectivity index (χ1n) is 11.1. The summed E-state index contributed by atoms with van der Waals surface area (Å²) in [5, 5.41) is 15.8. The second-order valence-electron chi connectivity index (χ2n) is 8.66. The monoisotopic (exact) mass is 495 g/mol. The Balaban J connectivity index is 1.48. The summed E-state index contributed by atoms with van der Waals surface area (Å²) in [6.07, 6.45) is 2.39. The molecule has 0 saturated carbocycles. The molecule has 2 aromatic carbocycles. The van der Waals surface area contributed by atoms with E-state index in [0.717, 1.165) is 51.8 Å². The van der Waals surface area contributed by atoms with Crippen molar-refractivity contribution in [3.63, 3.8) is 0 Å². The number of anilines is 1. The molecule has 0 spiro atoms. The van der Waals surface area contributed by atoms with Crippen molar-refractivity contribution in [2.24, 2.45) is 5.14 Å². The average Bonchev–Trinajstić information content (AvgIpc) is 2.76. The van der Waals surface area contributed by atoms with Crippen LogP contribution in [-0.2, 0) is 25.6 Å². The van der Waals surface area contributed by atoms with E-state index in [1.54, 1.807) is 6.07 Å². The summed E-state index contributed by atoms with van der Waals surface area (Å²) in [4.78, 5) is 4.56. The van der Waals surface area contributed by atoms with Crippen LogP contribution in [0.2, 0.25) is 0 Å². The molecule has 1 aliphatic heterocycles. The lowest BCUT2D eigenvalue weighted by Crippen LogP contribution is -2.46. The molecule has 3 N–H and O–H groups in total. The molecule has 33 heavy (non-hydrogen) atoms. The van der Waals surface area contributed by atoms with Crippen molar-refractivity contribution in [3.8, 4) is 0 Å². The van der Waals surface area contributed by atoms with Gasteiger partial charge < -0.3 is 10.0 Å². The lowest BCUT2D eigenvalue weighted by atomic mass is 10.0. The van der Waals surface area contributed by atoms with Crippen molar-refractivity contribution in [3.05, 3.63) is 59.7 Å². The number of sulfone groups is 1. The normalized spacial score (nSPS) is 16.6. The van der Waals surface area contributed by atoms with Crippen molar-refractivity contribution in [1.29, 1.82) is 0 Å². The number of piperazine rings is 1. The van der Waals surface area contributed by atoms with E-state index >= 15 is 0 Å². The maximum Gasteiger partial charge on any atom is 0.238 e. The molecule has 1 saturated heterocycles. The second kappa shape index (κ2) is 11.0. The number of nitrogens with zero attached hydrogens (tertiary/aromatic N) is 2. The van der Waals surface area contributed by atoms with Crippen LogP contribution >= 0.6 is 0 Å². The number of benzene rings is 2. The Morgan fingerprint density at radius 1 is 0.970 bits per heavy atom. The van der Waals surface area contributed by atoms with Gasteiger partial charge in [0.05, 0.1) is 16.8 Å². The summed E-state index contributed by atoms with van der Waals surface area (Å²) in [6.45, 7) is 4.92. The van der Waals surface area contributed by atoms with Crippen LogP contribution in [0.5, 0.6) is 0 Å². The number of aliphatic hydroxyl groups is 1. The molecule has 3 rings (SSSR count). The van der Waals surface area contributed by atoms with Crippen LogP contribution < -0.4 is 10.0 Å². The van der Waals surface area contributed by atoms with Crippen LogP contribution in [0.1, 0.15) is 36.5 Å². The van der Waals surface area contributed by atoms with E-state index in [-0.39, 0.29) is 10.5 Å². The molecule has 0 aliphatic carbocycles. The summed E-state index contributed by atoms with van der Waals surface area (Å²) < 4.78 is 47.1. The predicted molar refractivity (Wildman–Crippen MR) is 130 cm³/mol. The van der Waals surface area contributed by atoms with Gasteiger partial charge in [0.2, 0.25) is 10.0 Å². The van der Waals surface area contributed by atoms with E-state index in [2.05, 4.69) is 34.1 Å². The summed E-state index contributed by atoms with van der Waals surface area (Å²) in [5.41, 5.74) is 1.79. The van der Waals surface area contributed by atoms with E-state index in [4.69, 9.17) is 5.14 Å². The zero-order valence-corrected chi connectivity index (χ0v) is 20.6. The highest BCUT2D eigenvalue weighted by molar-refractivity contribution is 7.90. The molecule has 0 bridgehead atoms. The van der Waals surface area contributed by atoms with Gasteiger partial charge in [-0.3, -0.25) is 4.90 Å². The summed E-state index contributed by atoms with van der Waals surface area (Å²) in [6, 6.07) is 14.7. The number of aliphatic hydroxyl groups excluding tert-OH is 1. The Morgan fingerprint density at radius 3 is 2.24 bits per heavy atom. The zero-order valence-electron chi connectivity index (χ0n) is 18.9. The van der Waals surface area contributed by atoms with Gasteiger partial charge in [-0.15, -0.1) is 0 Å². The van der Waals surface area contributed by atoms with Gasteiger partial charge in [0.25, 0.3) is 0 Å². The molecule has 1 fully saturated rings. The van der Waals surface area contributed by atoms with Crippen LogP contribution in [0.25, 0.3) is 0 Å². The minimum atomic E-state index is -4.11. The van der Waals surface area contributed by atoms with Gasteiger partial charge in [-0.2, -0.15) is 0 Å². The number of rotatable bonds is 10. The van der Waals surface area contributed by atoms with Crippen LogP contribution in [0.3, 0.4) is 0 Å². The minimum Gasteiger partial charge on any atom is -0.388 e. The van der Waals surface area contributed by atoms with Crippen molar-refractivity contribution in [2.45, 2.75) is 36.0 Å². The lowest BCUT2D eigenvalue weighted by Gasteiger charge is -2.36. The number of para-hydroxylation sites is 1. The van der Waals surface area contributed by atoms with Gasteiger partial charge in [-0.05, 0) is 55.1 Å². The van der Waals surface area contributed by atoms with Gasteiger partial charge in [0.1, 0.15) is 0 Å². The third-order valence-electron chi connectivity index (χ3n) is 5.90. The van der Waals surface area contributed by atoms with Crippen molar-refractivity contribution in [2.75, 3.05) is 43.9 Å². The van der Waals surface area contributed by atoms with E-state index in [9.17, 15) is 21.9 Å². The fourth-order valence-electron chi connectivity index (χ4n) is 4.15. The Morgan fingerprint density at radius 2 is 1.64 bits per heavy atom. The van der Waals surface area contributed by atoms with Crippen LogP contribution in [0.15, 0.2) is 53.4 Å². The van der Waals surface area contributed by atoms with Crippen LogP contribution in [0.4, 0.5) is 5.69 Å². The number of hydrogen-bond donors (Lipinski definition) is 2. The van der Waals surface area contributed by atoms with Crippen molar-refractivity contribution >= 4 is 25.5 Å². The standard InChI is InChI=1S/C23H33N3O5S2/c1-32(28,29)18-20-11-10-19(17-23(20)33(24,30)31)22(27)9-5-6-12-25-13-15-26(16-14-25)21-7-3-2-4-8-21/h2-4,7-8,10-11,17,22,27H,5-6,9,12-16,18H2,1H3,(H2,24,30,31). The molecular formula is C23H33N3O5S2. The third-order valence-corrected chi connectivity index (χ3v) is 7.72. The van der Waals surface area contributed by atoms with Gasteiger partial charge in [-0.1, -0.05) is 30.3 Å². The Labute approximate surface area is 197 Å². The fraction of sp³-hybridized carbons (Fsp3) is 0.478. The molecular weight excluding hydrogens is 462 g/mol. The minimum absolute atomic E-state index is 0.116. The molecule has 8 nitrogen and oxygen atoms in total. The Kier molecular flexibility index (Phi) is 8.52. The number of sulfonamides is 1. The molecule has 1 unspecified atom stereocenters. The van der Waals surface area contributed by atoms with Crippen molar-refractivity contribution in [1.82, 2.24) is 4.90 Å². The summed E-state index contributed by atoms with van der Waals surface area (Å²) >= 11 is 0. The lowest BCUT2D eigenvalue weighted by molar-refractivity contribution is 0.160. The topological polar surface area (TPSA) is 121 Å². The molecule has 1 atom stereocenters. The van der Waals surface area contributed by atoms with Gasteiger partial charge >= 0.3 is 0 Å². The molecule has 182 valence electrons. The Bertz CT molecular complexity index is 1130. The van der Waals surface area contributed by atoms with E-state index in [0.29, 0.717) is 12.0 Å². The third kappa shape index (κ3) is 7.79. The number of hydrogen-bond acceptors (Lipinski definition) is 7. The first-order chi connectivity index (χ1) is 15.5. The fourth-order valence-corrected chi connectivity index (χ4v) is 5.87. The molecule has 1 heterocycles. The number of unbranched alkanes of at least 4 members (excludes halogenated alkanes) is 1. The summed E-state index contributed by atoms with van der Waals surface area (Å²) in [7, 11) is -7.54. The van der Waals surface area contributed by atoms with Crippen LogP contribution in [-0.4, -0.2) is 65.8 Å². The molecule has 0 aromatic heterocycles. The molecule has 2 aromatic rings. The molecule has 10 heteroatoms. The predicted octanol–water partition coefficient (Wildman–Crippen LogP) is 1.90. The van der Waals surface area contributed by atoms with E-state index < -0.39 is 31.7 Å². The van der Waals surface area contributed by atoms with Gasteiger partial charge in [0, 0.05) is 38.1 Å². The smallest absolute Gasteiger partial charge is 0.238 e. The highest BCUT2D eigenvalue weighted by atomic mass is 32.2. The maximum absolute atomic E-state index is 12.0. The van der Waals surface area contributed by atoms with Gasteiger partial charge in [0.15, 0.2) is 9.84 Å². The number of primary sulfonamides is 1.